The Bertz CT molecular complexity index is 873. The average molecular weight is 324 g/mol. The number of aryl methyl sites for hydroxylation is 1. The van der Waals surface area contributed by atoms with E-state index >= 15 is 0 Å². The number of halogens is 2. The fraction of sp³-hybridized carbons (Fsp3) is 0.143. The van der Waals surface area contributed by atoms with Gasteiger partial charge in [-0.2, -0.15) is 0 Å². The van der Waals surface area contributed by atoms with E-state index in [1.807, 2.05) is 12.3 Å². The normalized spacial score (nSPS) is 11.2. The second-order valence-corrected chi connectivity index (χ2v) is 6.33. The molecule has 1 aromatic carbocycles. The first-order valence-electron chi connectivity index (χ1n) is 6.09. The van der Waals surface area contributed by atoms with Crippen molar-refractivity contribution < 1.29 is 8.78 Å². The molecule has 3 rings (SSSR count). The average Bonchev–Trinajstić information content (AvgIpc) is 2.82. The molecule has 0 spiro atoms. The third kappa shape index (κ3) is 2.84. The molecule has 0 saturated heterocycles. The van der Waals surface area contributed by atoms with Crippen LogP contribution in [0.1, 0.15) is 11.4 Å². The largest absolute Gasteiger partial charge is 0.269 e. The summed E-state index contributed by atoms with van der Waals surface area (Å²) in [5, 5.41) is 1.87. The topological polar surface area (TPSA) is 34.4 Å². The molecule has 0 atom stereocenters. The zero-order valence-corrected chi connectivity index (χ0v) is 12.6. The number of benzene rings is 1. The van der Waals surface area contributed by atoms with Gasteiger partial charge in [-0.05, 0) is 25.1 Å². The number of aromatic nitrogens is 2. The summed E-state index contributed by atoms with van der Waals surface area (Å²) >= 11 is 2.71. The van der Waals surface area contributed by atoms with E-state index in [0.29, 0.717) is 21.3 Å². The van der Waals surface area contributed by atoms with Crippen LogP contribution in [0.25, 0.3) is 4.96 Å². The van der Waals surface area contributed by atoms with Gasteiger partial charge < -0.3 is 0 Å². The van der Waals surface area contributed by atoms with Gasteiger partial charge in [-0.15, -0.1) is 23.1 Å². The molecule has 108 valence electrons. The molecule has 21 heavy (non-hydrogen) atoms. The number of fused-ring (bicyclic) bond motifs is 1. The van der Waals surface area contributed by atoms with Gasteiger partial charge >= 0.3 is 0 Å². The van der Waals surface area contributed by atoms with Gasteiger partial charge in [0.1, 0.15) is 0 Å². The number of rotatable bonds is 3. The molecule has 2 aromatic heterocycles. The van der Waals surface area contributed by atoms with E-state index < -0.39 is 11.6 Å². The molecule has 0 aliphatic heterocycles. The Morgan fingerprint density at radius 2 is 2.10 bits per heavy atom. The number of thioether (sulfide) groups is 1. The summed E-state index contributed by atoms with van der Waals surface area (Å²) in [6, 6.07) is 5.20. The van der Waals surface area contributed by atoms with E-state index in [-0.39, 0.29) is 5.56 Å². The van der Waals surface area contributed by atoms with Gasteiger partial charge in [0.25, 0.3) is 5.56 Å². The Morgan fingerprint density at radius 3 is 2.86 bits per heavy atom. The maximum absolute atomic E-state index is 13.1. The molecule has 0 radical (unpaired) electrons. The lowest BCUT2D eigenvalue weighted by Crippen LogP contribution is -2.14. The molecule has 2 heterocycles. The first-order valence-corrected chi connectivity index (χ1v) is 7.96. The zero-order chi connectivity index (χ0) is 15.0. The maximum Gasteiger partial charge on any atom is 0.258 e. The Hall–Kier alpha value is -1.73. The molecule has 3 nitrogen and oxygen atoms in total. The van der Waals surface area contributed by atoms with E-state index in [2.05, 4.69) is 4.98 Å². The van der Waals surface area contributed by atoms with Crippen molar-refractivity contribution in [1.82, 2.24) is 9.38 Å². The van der Waals surface area contributed by atoms with Crippen molar-refractivity contribution in [3.8, 4) is 0 Å². The molecular weight excluding hydrogens is 314 g/mol. The van der Waals surface area contributed by atoms with Crippen LogP contribution >= 0.6 is 23.1 Å². The van der Waals surface area contributed by atoms with E-state index in [9.17, 15) is 13.6 Å². The van der Waals surface area contributed by atoms with Crippen molar-refractivity contribution >= 4 is 28.1 Å². The molecular formula is C14H10F2N2OS2. The molecule has 0 aliphatic carbocycles. The van der Waals surface area contributed by atoms with Crippen LogP contribution in [-0.4, -0.2) is 9.38 Å². The lowest BCUT2D eigenvalue weighted by Gasteiger charge is -2.03. The van der Waals surface area contributed by atoms with E-state index in [0.717, 1.165) is 17.8 Å². The fourth-order valence-electron chi connectivity index (χ4n) is 1.90. The highest BCUT2D eigenvalue weighted by atomic mass is 32.2. The summed E-state index contributed by atoms with van der Waals surface area (Å²) in [6.45, 7) is 1.85. The molecule has 0 bridgehead atoms. The van der Waals surface area contributed by atoms with Crippen molar-refractivity contribution in [3.05, 3.63) is 63.0 Å². The van der Waals surface area contributed by atoms with Crippen LogP contribution in [0.5, 0.6) is 0 Å². The van der Waals surface area contributed by atoms with Gasteiger partial charge in [0.15, 0.2) is 16.6 Å². The second kappa shape index (κ2) is 5.57. The fourth-order valence-corrected chi connectivity index (χ4v) is 3.60. The van der Waals surface area contributed by atoms with Crippen LogP contribution in [-0.2, 0) is 5.75 Å². The van der Waals surface area contributed by atoms with Crippen molar-refractivity contribution in [2.45, 2.75) is 17.6 Å². The van der Waals surface area contributed by atoms with Crippen LogP contribution in [0.4, 0.5) is 8.78 Å². The molecule has 0 unspecified atom stereocenters. The summed E-state index contributed by atoms with van der Waals surface area (Å²) in [5.41, 5.74) is 1.35. The molecule has 7 heteroatoms. The van der Waals surface area contributed by atoms with Gasteiger partial charge in [0.2, 0.25) is 0 Å². The van der Waals surface area contributed by atoms with Crippen LogP contribution in [0.2, 0.25) is 0 Å². The number of nitrogens with zero attached hydrogens (tertiary/aromatic N) is 2. The van der Waals surface area contributed by atoms with E-state index in [1.165, 1.54) is 35.2 Å². The number of thiazole rings is 1. The minimum absolute atomic E-state index is 0.125. The van der Waals surface area contributed by atoms with Crippen molar-refractivity contribution in [2.24, 2.45) is 0 Å². The Kier molecular flexibility index (Phi) is 3.77. The quantitative estimate of drug-likeness (QED) is 0.690. The molecule has 0 amide bonds. The standard InChI is InChI=1S/C14H10F2N2OS2/c1-8-6-21-14-17-9(4-13(19)18(8)14)7-20-10-2-3-11(15)12(16)5-10/h2-6H,7H2,1H3. The summed E-state index contributed by atoms with van der Waals surface area (Å²) in [6.07, 6.45) is 0. The minimum Gasteiger partial charge on any atom is -0.269 e. The summed E-state index contributed by atoms with van der Waals surface area (Å²) in [4.78, 5) is 17.6. The molecule has 0 N–H and O–H groups in total. The first kappa shape index (κ1) is 14.2. The van der Waals surface area contributed by atoms with E-state index in [4.69, 9.17) is 0 Å². The van der Waals surface area contributed by atoms with Crippen molar-refractivity contribution in [2.75, 3.05) is 0 Å². The van der Waals surface area contributed by atoms with Crippen molar-refractivity contribution in [3.63, 3.8) is 0 Å². The number of hydrogen-bond acceptors (Lipinski definition) is 4. The van der Waals surface area contributed by atoms with Gasteiger partial charge in [0, 0.05) is 27.8 Å². The monoisotopic (exact) mass is 324 g/mol. The Balaban J connectivity index is 1.85. The van der Waals surface area contributed by atoms with Crippen LogP contribution in [0.15, 0.2) is 39.3 Å². The Morgan fingerprint density at radius 1 is 1.29 bits per heavy atom. The van der Waals surface area contributed by atoms with Crippen LogP contribution < -0.4 is 5.56 Å². The summed E-state index contributed by atoms with van der Waals surface area (Å²) in [5.74, 6) is -1.32. The highest BCUT2D eigenvalue weighted by molar-refractivity contribution is 7.98. The lowest BCUT2D eigenvalue weighted by molar-refractivity contribution is 0.506. The van der Waals surface area contributed by atoms with Gasteiger partial charge in [-0.3, -0.25) is 9.20 Å². The number of hydrogen-bond donors (Lipinski definition) is 0. The molecule has 0 saturated carbocycles. The third-order valence-corrected chi connectivity index (χ3v) is 4.88. The van der Waals surface area contributed by atoms with Crippen LogP contribution in [0.3, 0.4) is 0 Å². The first-order chi connectivity index (χ1) is 10.0. The van der Waals surface area contributed by atoms with Crippen LogP contribution in [0, 0.1) is 18.6 Å². The van der Waals surface area contributed by atoms with Gasteiger partial charge in [0.05, 0.1) is 5.69 Å². The third-order valence-electron chi connectivity index (χ3n) is 2.91. The predicted molar refractivity (Wildman–Crippen MR) is 80.0 cm³/mol. The van der Waals surface area contributed by atoms with Gasteiger partial charge in [-0.1, -0.05) is 0 Å². The Labute approximate surface area is 127 Å². The smallest absolute Gasteiger partial charge is 0.258 e. The minimum atomic E-state index is -0.877. The SMILES string of the molecule is Cc1csc2nc(CSc3ccc(F)c(F)c3)cc(=O)n12. The highest BCUT2D eigenvalue weighted by Gasteiger charge is 2.08. The summed E-state index contributed by atoms with van der Waals surface area (Å²) in [7, 11) is 0. The zero-order valence-electron chi connectivity index (χ0n) is 11.0. The lowest BCUT2D eigenvalue weighted by atomic mass is 10.3. The molecule has 3 aromatic rings. The molecule has 0 aliphatic rings. The maximum atomic E-state index is 13.1. The van der Waals surface area contributed by atoms with Crippen molar-refractivity contribution in [1.29, 1.82) is 0 Å². The predicted octanol–water partition coefficient (Wildman–Crippen LogP) is 3.63. The highest BCUT2D eigenvalue weighted by Crippen LogP contribution is 2.24. The summed E-state index contributed by atoms with van der Waals surface area (Å²) < 4.78 is 27.5. The second-order valence-electron chi connectivity index (χ2n) is 4.45. The van der Waals surface area contributed by atoms with E-state index in [1.54, 1.807) is 4.40 Å². The molecule has 0 fully saturated rings. The van der Waals surface area contributed by atoms with Gasteiger partial charge in [-0.25, -0.2) is 13.8 Å².